The van der Waals surface area contributed by atoms with E-state index in [4.69, 9.17) is 9.84 Å². The Morgan fingerprint density at radius 1 is 1.16 bits per heavy atom. The number of carbonyl (C=O) groups excluding carboxylic acids is 2. The number of aliphatic hydroxyl groups is 1. The van der Waals surface area contributed by atoms with Crippen LogP contribution in [-0.4, -0.2) is 48.2 Å². The van der Waals surface area contributed by atoms with Crippen LogP contribution in [-0.2, 0) is 14.3 Å². The minimum atomic E-state index is -0.374. The standard InChI is InChI=1S/C14H23NO4/c16-8-10-19-9-4-7-15-12(17)11-14(13(15)18)5-2-1-3-6-14/h16H,1-11H2. The lowest BCUT2D eigenvalue weighted by Crippen LogP contribution is -2.37. The first kappa shape index (κ1) is 14.5. The molecule has 5 nitrogen and oxygen atoms in total. The molecule has 0 aromatic heterocycles. The van der Waals surface area contributed by atoms with Gasteiger partial charge in [0.1, 0.15) is 0 Å². The van der Waals surface area contributed by atoms with Crippen LogP contribution in [0.5, 0.6) is 0 Å². The van der Waals surface area contributed by atoms with Gasteiger partial charge in [-0.3, -0.25) is 14.5 Å². The van der Waals surface area contributed by atoms with Gasteiger partial charge in [-0.2, -0.15) is 0 Å². The summed E-state index contributed by atoms with van der Waals surface area (Å²) in [5, 5.41) is 8.58. The molecule has 108 valence electrons. The summed E-state index contributed by atoms with van der Waals surface area (Å²) in [5.41, 5.74) is -0.374. The van der Waals surface area contributed by atoms with Crippen LogP contribution in [0, 0.1) is 5.41 Å². The van der Waals surface area contributed by atoms with E-state index >= 15 is 0 Å². The van der Waals surface area contributed by atoms with Crippen molar-refractivity contribution in [2.24, 2.45) is 5.41 Å². The monoisotopic (exact) mass is 269 g/mol. The van der Waals surface area contributed by atoms with Gasteiger partial charge in [0.25, 0.3) is 0 Å². The third kappa shape index (κ3) is 3.15. The van der Waals surface area contributed by atoms with E-state index in [1.807, 2.05) is 0 Å². The van der Waals surface area contributed by atoms with Gasteiger partial charge in [0.2, 0.25) is 11.8 Å². The van der Waals surface area contributed by atoms with Gasteiger partial charge in [-0.1, -0.05) is 19.3 Å². The Morgan fingerprint density at radius 3 is 2.58 bits per heavy atom. The van der Waals surface area contributed by atoms with Crippen molar-refractivity contribution in [3.05, 3.63) is 0 Å². The number of hydrogen-bond donors (Lipinski definition) is 1. The zero-order valence-electron chi connectivity index (χ0n) is 11.4. The van der Waals surface area contributed by atoms with Crippen LogP contribution in [0.2, 0.25) is 0 Å². The van der Waals surface area contributed by atoms with E-state index in [1.165, 1.54) is 11.3 Å². The first-order valence-electron chi connectivity index (χ1n) is 7.23. The molecule has 0 unspecified atom stereocenters. The fourth-order valence-electron chi connectivity index (χ4n) is 3.20. The molecular formula is C14H23NO4. The number of imide groups is 1. The predicted octanol–water partition coefficient (Wildman–Crippen LogP) is 1.09. The van der Waals surface area contributed by atoms with Crippen molar-refractivity contribution in [3.8, 4) is 0 Å². The Balaban J connectivity index is 1.84. The fraction of sp³-hybridized carbons (Fsp3) is 0.857. The van der Waals surface area contributed by atoms with Crippen LogP contribution in [0.4, 0.5) is 0 Å². The lowest BCUT2D eigenvalue weighted by atomic mass is 9.73. The molecule has 2 aliphatic rings. The van der Waals surface area contributed by atoms with Gasteiger partial charge in [0.15, 0.2) is 0 Å². The zero-order valence-corrected chi connectivity index (χ0v) is 11.4. The molecule has 0 bridgehead atoms. The van der Waals surface area contributed by atoms with E-state index < -0.39 is 0 Å². The zero-order chi connectivity index (χ0) is 13.7. The summed E-state index contributed by atoms with van der Waals surface area (Å²) in [6.45, 7) is 1.24. The molecule has 2 fully saturated rings. The van der Waals surface area contributed by atoms with Crippen LogP contribution in [0.25, 0.3) is 0 Å². The molecule has 19 heavy (non-hydrogen) atoms. The van der Waals surface area contributed by atoms with Gasteiger partial charge in [0.05, 0.1) is 18.6 Å². The number of aliphatic hydroxyl groups excluding tert-OH is 1. The highest BCUT2D eigenvalue weighted by Gasteiger charge is 2.51. The summed E-state index contributed by atoms with van der Waals surface area (Å²) in [5.74, 6) is 0.0217. The number of nitrogens with zero attached hydrogens (tertiary/aromatic N) is 1. The van der Waals surface area contributed by atoms with Gasteiger partial charge in [0, 0.05) is 19.6 Å². The highest BCUT2D eigenvalue weighted by Crippen LogP contribution is 2.45. The number of carbonyl (C=O) groups is 2. The van der Waals surface area contributed by atoms with Crippen molar-refractivity contribution in [1.29, 1.82) is 0 Å². The molecule has 1 aliphatic carbocycles. The molecule has 5 heteroatoms. The van der Waals surface area contributed by atoms with Crippen LogP contribution in [0.15, 0.2) is 0 Å². The normalized spacial score (nSPS) is 22.5. The van der Waals surface area contributed by atoms with E-state index in [-0.39, 0.29) is 23.8 Å². The van der Waals surface area contributed by atoms with Crippen molar-refractivity contribution in [1.82, 2.24) is 4.90 Å². The Bertz CT molecular complexity index is 336. The molecule has 0 aromatic carbocycles. The molecule has 2 amide bonds. The highest BCUT2D eigenvalue weighted by atomic mass is 16.5. The molecule has 1 N–H and O–H groups in total. The maximum absolute atomic E-state index is 12.4. The van der Waals surface area contributed by atoms with E-state index in [9.17, 15) is 9.59 Å². The molecule has 1 saturated heterocycles. The van der Waals surface area contributed by atoms with Crippen molar-refractivity contribution < 1.29 is 19.4 Å². The molecule has 0 aromatic rings. The lowest BCUT2D eigenvalue weighted by molar-refractivity contribution is -0.142. The second kappa shape index (κ2) is 6.48. The molecule has 1 heterocycles. The second-order valence-electron chi connectivity index (χ2n) is 5.56. The summed E-state index contributed by atoms with van der Waals surface area (Å²) < 4.78 is 5.15. The molecule has 1 saturated carbocycles. The van der Waals surface area contributed by atoms with Crippen molar-refractivity contribution in [3.63, 3.8) is 0 Å². The van der Waals surface area contributed by atoms with Crippen LogP contribution in [0.1, 0.15) is 44.9 Å². The first-order valence-corrected chi connectivity index (χ1v) is 7.23. The maximum atomic E-state index is 12.4. The third-order valence-corrected chi connectivity index (χ3v) is 4.21. The average molecular weight is 269 g/mol. The van der Waals surface area contributed by atoms with Gasteiger partial charge in [-0.25, -0.2) is 0 Å². The van der Waals surface area contributed by atoms with Gasteiger partial charge >= 0.3 is 0 Å². The van der Waals surface area contributed by atoms with Gasteiger partial charge < -0.3 is 9.84 Å². The Kier molecular flexibility index (Phi) is 4.93. The summed E-state index contributed by atoms with van der Waals surface area (Å²) in [7, 11) is 0. The van der Waals surface area contributed by atoms with Gasteiger partial charge in [-0.05, 0) is 19.3 Å². The van der Waals surface area contributed by atoms with Crippen LogP contribution >= 0.6 is 0 Å². The Labute approximate surface area is 113 Å². The SMILES string of the molecule is O=C1CC2(CCCCC2)C(=O)N1CCCOCCO. The molecule has 1 aliphatic heterocycles. The quantitative estimate of drug-likeness (QED) is 0.579. The molecule has 2 rings (SSSR count). The minimum Gasteiger partial charge on any atom is -0.394 e. The maximum Gasteiger partial charge on any atom is 0.235 e. The first-order chi connectivity index (χ1) is 9.19. The topological polar surface area (TPSA) is 66.8 Å². The summed E-state index contributed by atoms with van der Waals surface area (Å²) >= 11 is 0. The third-order valence-electron chi connectivity index (χ3n) is 4.21. The number of likely N-dealkylation sites (tertiary alicyclic amines) is 1. The van der Waals surface area contributed by atoms with Gasteiger partial charge in [-0.15, -0.1) is 0 Å². The number of ether oxygens (including phenoxy) is 1. The molecule has 0 radical (unpaired) electrons. The largest absolute Gasteiger partial charge is 0.394 e. The smallest absolute Gasteiger partial charge is 0.235 e. The fourth-order valence-corrected chi connectivity index (χ4v) is 3.20. The van der Waals surface area contributed by atoms with Crippen LogP contribution in [0.3, 0.4) is 0 Å². The summed E-state index contributed by atoms with van der Waals surface area (Å²) in [4.78, 5) is 25.9. The average Bonchev–Trinajstić information content (AvgIpc) is 2.63. The molecule has 1 spiro atoms. The number of hydrogen-bond acceptors (Lipinski definition) is 4. The van der Waals surface area contributed by atoms with Crippen molar-refractivity contribution in [2.75, 3.05) is 26.4 Å². The summed E-state index contributed by atoms with van der Waals surface area (Å²) in [6.07, 6.45) is 6.10. The van der Waals surface area contributed by atoms with E-state index in [0.29, 0.717) is 32.6 Å². The predicted molar refractivity (Wildman–Crippen MR) is 69.4 cm³/mol. The van der Waals surface area contributed by atoms with E-state index in [1.54, 1.807) is 0 Å². The minimum absolute atomic E-state index is 0.00465. The number of rotatable bonds is 6. The Morgan fingerprint density at radius 2 is 1.89 bits per heavy atom. The molecule has 0 atom stereocenters. The molecular weight excluding hydrogens is 246 g/mol. The number of amides is 2. The van der Waals surface area contributed by atoms with E-state index in [0.717, 1.165) is 25.7 Å². The second-order valence-corrected chi connectivity index (χ2v) is 5.56. The van der Waals surface area contributed by atoms with Crippen LogP contribution < -0.4 is 0 Å². The van der Waals surface area contributed by atoms with E-state index in [2.05, 4.69) is 0 Å². The lowest BCUT2D eigenvalue weighted by Gasteiger charge is -2.30. The Hall–Kier alpha value is -0.940. The van der Waals surface area contributed by atoms with Crippen molar-refractivity contribution in [2.45, 2.75) is 44.9 Å². The van der Waals surface area contributed by atoms with Crippen molar-refractivity contribution >= 4 is 11.8 Å². The highest BCUT2D eigenvalue weighted by molar-refractivity contribution is 6.05. The summed E-state index contributed by atoms with van der Waals surface area (Å²) in [6, 6.07) is 0.